The molecule has 0 aromatic heterocycles. The summed E-state index contributed by atoms with van der Waals surface area (Å²) in [5, 5.41) is 9.29. The van der Waals surface area contributed by atoms with Crippen LogP contribution in [0.3, 0.4) is 0 Å². The average Bonchev–Trinajstić information content (AvgIpc) is 3.47. The highest BCUT2D eigenvalue weighted by Crippen LogP contribution is 2.19. The Morgan fingerprint density at radius 3 is 1.21 bits per heavy atom. The molecule has 1 unspecified atom stereocenters. The highest BCUT2D eigenvalue weighted by atomic mass is 16.5. The number of aliphatic hydroxyl groups is 1. The number of aliphatic hydroxyl groups excluding tert-OH is 1. The van der Waals surface area contributed by atoms with Crippen molar-refractivity contribution in [2.24, 2.45) is 0 Å². The minimum atomic E-state index is 0.177. The van der Waals surface area contributed by atoms with Gasteiger partial charge in [0, 0.05) is 39.5 Å². The molecule has 1 saturated heterocycles. The molecule has 0 aromatic carbocycles. The van der Waals surface area contributed by atoms with Crippen molar-refractivity contribution < 1.29 is 14.6 Å². The van der Waals surface area contributed by atoms with Crippen LogP contribution < -0.4 is 0 Å². The van der Waals surface area contributed by atoms with E-state index in [4.69, 9.17) is 9.47 Å². The van der Waals surface area contributed by atoms with Gasteiger partial charge in [-0.05, 0) is 83.5 Å². The van der Waals surface area contributed by atoms with E-state index in [0.29, 0.717) is 0 Å². The molecule has 274 valence electrons. The third-order valence-corrected chi connectivity index (χ3v) is 9.28. The van der Waals surface area contributed by atoms with E-state index in [-0.39, 0.29) is 18.8 Å². The molecule has 0 aliphatic carbocycles. The summed E-state index contributed by atoms with van der Waals surface area (Å²) >= 11 is 0. The zero-order valence-corrected chi connectivity index (χ0v) is 31.4. The number of hydrogen-bond donors (Lipinski definition) is 1. The van der Waals surface area contributed by atoms with Gasteiger partial charge in [0.15, 0.2) is 0 Å². The predicted octanol–water partition coefficient (Wildman–Crippen LogP) is 12.1. The number of unbranched alkanes of at least 4 members (excludes halogenated alkanes) is 18. The van der Waals surface area contributed by atoms with Crippen LogP contribution in [0.2, 0.25) is 0 Å². The third-order valence-electron chi connectivity index (χ3n) is 9.28. The molecule has 4 heteroatoms. The van der Waals surface area contributed by atoms with Crippen molar-refractivity contribution in [3.05, 3.63) is 48.6 Å². The molecule has 4 nitrogen and oxygen atoms in total. The van der Waals surface area contributed by atoms with E-state index in [0.717, 1.165) is 65.0 Å². The minimum Gasteiger partial charge on any atom is -0.396 e. The molecular formula is C43H79NO3. The van der Waals surface area contributed by atoms with Crippen molar-refractivity contribution >= 4 is 0 Å². The van der Waals surface area contributed by atoms with Crippen LogP contribution in [0.5, 0.6) is 0 Å². The molecule has 2 atom stereocenters. The summed E-state index contributed by atoms with van der Waals surface area (Å²) in [6, 6.07) is 0. The maximum Gasteiger partial charge on any atom is 0.0975 e. The fraction of sp³-hybridized carbons (Fsp3) is 0.814. The molecule has 1 aliphatic heterocycles. The lowest BCUT2D eigenvalue weighted by Crippen LogP contribution is -2.30. The summed E-state index contributed by atoms with van der Waals surface area (Å²) < 4.78 is 12.8. The maximum absolute atomic E-state index is 9.29. The predicted molar refractivity (Wildman–Crippen MR) is 206 cm³/mol. The van der Waals surface area contributed by atoms with E-state index in [1.807, 2.05) is 0 Å². The van der Waals surface area contributed by atoms with Crippen LogP contribution in [-0.4, -0.2) is 61.7 Å². The monoisotopic (exact) mass is 658 g/mol. The van der Waals surface area contributed by atoms with Gasteiger partial charge in [0.1, 0.15) is 0 Å². The van der Waals surface area contributed by atoms with Crippen molar-refractivity contribution in [2.75, 3.05) is 39.5 Å². The Morgan fingerprint density at radius 1 is 0.468 bits per heavy atom. The molecule has 1 heterocycles. The quantitative estimate of drug-likeness (QED) is 0.0544. The Kier molecular flexibility index (Phi) is 33.6. The molecule has 0 bridgehead atoms. The normalized spacial score (nSPS) is 17.6. The summed E-state index contributed by atoms with van der Waals surface area (Å²) in [4.78, 5) is 2.42. The molecule has 1 rings (SSSR count). The summed E-state index contributed by atoms with van der Waals surface area (Å²) in [5.74, 6) is 0. The molecule has 0 saturated carbocycles. The highest BCUT2D eigenvalue weighted by molar-refractivity contribution is 4.93. The van der Waals surface area contributed by atoms with Crippen LogP contribution in [0.25, 0.3) is 0 Å². The Balaban J connectivity index is 2.04. The first-order chi connectivity index (χ1) is 23.3. The summed E-state index contributed by atoms with van der Waals surface area (Å²) in [5.41, 5.74) is 0. The lowest BCUT2D eigenvalue weighted by molar-refractivity contribution is -0.0481. The van der Waals surface area contributed by atoms with Crippen LogP contribution in [0.1, 0.15) is 174 Å². The van der Waals surface area contributed by atoms with Crippen LogP contribution in [0.4, 0.5) is 0 Å². The summed E-state index contributed by atoms with van der Waals surface area (Å²) in [6.07, 6.45) is 50.4. The fourth-order valence-electron chi connectivity index (χ4n) is 6.27. The summed E-state index contributed by atoms with van der Waals surface area (Å²) in [7, 11) is 0. The van der Waals surface area contributed by atoms with Crippen molar-refractivity contribution in [3.63, 3.8) is 0 Å². The van der Waals surface area contributed by atoms with Crippen LogP contribution in [0.15, 0.2) is 48.6 Å². The molecular weight excluding hydrogens is 578 g/mol. The van der Waals surface area contributed by atoms with Gasteiger partial charge in [0.25, 0.3) is 0 Å². The Bertz CT molecular complexity index is 687. The minimum absolute atomic E-state index is 0.177. The van der Waals surface area contributed by atoms with Crippen molar-refractivity contribution in [3.8, 4) is 0 Å². The Labute approximate surface area is 293 Å². The van der Waals surface area contributed by atoms with E-state index in [9.17, 15) is 5.11 Å². The number of nitrogens with zero attached hydrogens (tertiary/aromatic N) is 1. The van der Waals surface area contributed by atoms with Gasteiger partial charge in [-0.2, -0.15) is 0 Å². The maximum atomic E-state index is 9.29. The number of likely N-dealkylation sites (tertiary alicyclic amines) is 1. The zero-order valence-electron chi connectivity index (χ0n) is 31.4. The van der Waals surface area contributed by atoms with E-state index >= 15 is 0 Å². The van der Waals surface area contributed by atoms with E-state index in [2.05, 4.69) is 67.4 Å². The van der Waals surface area contributed by atoms with Crippen LogP contribution in [0, 0.1) is 0 Å². The van der Waals surface area contributed by atoms with Gasteiger partial charge in [0.05, 0.1) is 12.2 Å². The van der Waals surface area contributed by atoms with Crippen LogP contribution >= 0.6 is 0 Å². The second-order valence-electron chi connectivity index (χ2n) is 13.8. The standard InChI is InChI=1S/C43H79NO3/c1-3-5-7-9-11-13-15-17-19-21-23-25-27-29-31-33-38-46-42-40-44(36-35-37-45)41-43(42)47-39-34-32-30-28-26-24-22-20-18-16-14-12-10-8-6-4-2/h11-14,17-20,42-43,45H,3-10,15-16,21-41H2,1-2H3/t42-,43?/m1/s1. The van der Waals surface area contributed by atoms with Crippen molar-refractivity contribution in [2.45, 2.75) is 187 Å². The third kappa shape index (κ3) is 29.4. The highest BCUT2D eigenvalue weighted by Gasteiger charge is 2.33. The number of ether oxygens (including phenoxy) is 2. The molecule has 0 spiro atoms. The second kappa shape index (κ2) is 36.1. The second-order valence-corrected chi connectivity index (χ2v) is 13.8. The zero-order chi connectivity index (χ0) is 33.7. The topological polar surface area (TPSA) is 41.9 Å². The van der Waals surface area contributed by atoms with E-state index in [1.165, 1.54) is 128 Å². The number of allylic oxidation sites excluding steroid dienone is 8. The van der Waals surface area contributed by atoms with Crippen LogP contribution in [-0.2, 0) is 9.47 Å². The molecule has 0 radical (unpaired) electrons. The first kappa shape index (κ1) is 43.8. The van der Waals surface area contributed by atoms with Gasteiger partial charge < -0.3 is 14.6 Å². The molecule has 47 heavy (non-hydrogen) atoms. The Morgan fingerprint density at radius 2 is 0.830 bits per heavy atom. The molecule has 1 fully saturated rings. The SMILES string of the molecule is CCCCCC=CCC=CCCCCCCCCOC1CN(CCCO)C[C@H]1OCCCCCCCCC=CCC=CCCCCC. The van der Waals surface area contributed by atoms with Gasteiger partial charge in [-0.25, -0.2) is 0 Å². The van der Waals surface area contributed by atoms with Gasteiger partial charge in [-0.1, -0.05) is 140 Å². The smallest absolute Gasteiger partial charge is 0.0975 e. The van der Waals surface area contributed by atoms with Gasteiger partial charge in [0.2, 0.25) is 0 Å². The molecule has 0 amide bonds. The van der Waals surface area contributed by atoms with Crippen molar-refractivity contribution in [1.29, 1.82) is 0 Å². The average molecular weight is 658 g/mol. The van der Waals surface area contributed by atoms with Gasteiger partial charge in [-0.15, -0.1) is 0 Å². The lowest BCUT2D eigenvalue weighted by Gasteiger charge is -2.20. The van der Waals surface area contributed by atoms with Gasteiger partial charge >= 0.3 is 0 Å². The number of hydrogen-bond acceptors (Lipinski definition) is 4. The lowest BCUT2D eigenvalue weighted by atomic mass is 10.1. The molecule has 1 N–H and O–H groups in total. The Hall–Kier alpha value is -1.20. The number of rotatable bonds is 35. The molecule has 1 aliphatic rings. The fourth-order valence-corrected chi connectivity index (χ4v) is 6.27. The van der Waals surface area contributed by atoms with Gasteiger partial charge in [-0.3, -0.25) is 4.90 Å². The first-order valence-corrected chi connectivity index (χ1v) is 20.5. The van der Waals surface area contributed by atoms with Crippen molar-refractivity contribution in [1.82, 2.24) is 4.90 Å². The summed E-state index contributed by atoms with van der Waals surface area (Å²) in [6.45, 7) is 9.29. The van der Waals surface area contributed by atoms with E-state index < -0.39 is 0 Å². The largest absolute Gasteiger partial charge is 0.396 e. The van der Waals surface area contributed by atoms with E-state index in [1.54, 1.807) is 0 Å². The molecule has 0 aromatic rings. The first-order valence-electron chi connectivity index (χ1n) is 20.5.